The molecule has 136 valence electrons. The molecule has 0 radical (unpaired) electrons. The number of halogens is 1. The lowest BCUT2D eigenvalue weighted by atomic mass is 9.98. The van der Waals surface area contributed by atoms with Gasteiger partial charge in [0, 0.05) is 24.4 Å². The summed E-state index contributed by atoms with van der Waals surface area (Å²) in [4.78, 5) is 7.42. The van der Waals surface area contributed by atoms with Crippen molar-refractivity contribution in [3.8, 4) is 0 Å². The summed E-state index contributed by atoms with van der Waals surface area (Å²) in [5.74, 6) is 3.06. The normalized spacial score (nSPS) is 29.2. The molecule has 23 heavy (non-hydrogen) atoms. The Kier molecular flexibility index (Phi) is 10.2. The Morgan fingerprint density at radius 2 is 2.13 bits per heavy atom. The lowest BCUT2D eigenvalue weighted by Crippen LogP contribution is -2.44. The Morgan fingerprint density at radius 1 is 1.30 bits per heavy atom. The molecule has 2 heterocycles. The van der Waals surface area contributed by atoms with Crippen LogP contribution in [0.5, 0.6) is 0 Å². The van der Waals surface area contributed by atoms with Gasteiger partial charge in [-0.2, -0.15) is 11.8 Å². The molecule has 0 aliphatic carbocycles. The van der Waals surface area contributed by atoms with E-state index in [-0.39, 0.29) is 24.0 Å². The third-order valence-corrected chi connectivity index (χ3v) is 6.35. The number of hydrogen-bond acceptors (Lipinski definition) is 3. The molecule has 0 saturated carbocycles. The minimum absolute atomic E-state index is 0. The van der Waals surface area contributed by atoms with Crippen molar-refractivity contribution in [2.45, 2.75) is 51.2 Å². The number of likely N-dealkylation sites (tertiary alicyclic amines) is 1. The van der Waals surface area contributed by atoms with E-state index < -0.39 is 0 Å². The molecule has 2 saturated heterocycles. The summed E-state index contributed by atoms with van der Waals surface area (Å²) in [6.07, 6.45) is 5.32. The van der Waals surface area contributed by atoms with Gasteiger partial charge in [-0.1, -0.05) is 6.92 Å². The van der Waals surface area contributed by atoms with Gasteiger partial charge in [-0.25, -0.2) is 0 Å². The molecule has 0 bridgehead atoms. The summed E-state index contributed by atoms with van der Waals surface area (Å²) < 4.78 is 0.353. The summed E-state index contributed by atoms with van der Waals surface area (Å²) in [5.41, 5.74) is 0. The first kappa shape index (κ1) is 21.4. The van der Waals surface area contributed by atoms with Crippen molar-refractivity contribution in [2.24, 2.45) is 10.9 Å². The van der Waals surface area contributed by atoms with Crippen LogP contribution in [0.3, 0.4) is 0 Å². The van der Waals surface area contributed by atoms with Crippen molar-refractivity contribution in [1.29, 1.82) is 0 Å². The molecule has 2 fully saturated rings. The molecule has 2 atom stereocenters. The van der Waals surface area contributed by atoms with Crippen LogP contribution in [0.1, 0.15) is 46.5 Å². The van der Waals surface area contributed by atoms with Gasteiger partial charge >= 0.3 is 0 Å². The molecular weight excluding hydrogens is 419 g/mol. The van der Waals surface area contributed by atoms with E-state index in [1.54, 1.807) is 0 Å². The van der Waals surface area contributed by atoms with E-state index in [2.05, 4.69) is 48.1 Å². The molecule has 2 aliphatic rings. The summed E-state index contributed by atoms with van der Waals surface area (Å²) in [6.45, 7) is 13.4. The standard InChI is InChI=1S/C17H34N4S.HI/c1-4-18-16(20-14-17(3)9-7-11-22-17)19-12-15-8-6-10-21(5-2)13-15;/h15H,4-14H2,1-3H3,(H2,18,19,20);1H. The third kappa shape index (κ3) is 7.38. The lowest BCUT2D eigenvalue weighted by Gasteiger charge is -2.32. The van der Waals surface area contributed by atoms with Crippen LogP contribution in [-0.4, -0.2) is 60.6 Å². The van der Waals surface area contributed by atoms with Crippen LogP contribution >= 0.6 is 35.7 Å². The van der Waals surface area contributed by atoms with Crippen molar-refractivity contribution >= 4 is 41.7 Å². The van der Waals surface area contributed by atoms with Gasteiger partial charge in [0.1, 0.15) is 0 Å². The quantitative estimate of drug-likeness (QED) is 0.368. The molecule has 0 amide bonds. The SMILES string of the molecule is CCNC(=NCC1(C)CCCS1)NCC1CCCN(CC)C1.I. The minimum atomic E-state index is 0. The Bertz CT molecular complexity index is 359. The second-order valence-corrected chi connectivity index (χ2v) is 8.56. The average Bonchev–Trinajstić information content (AvgIpc) is 2.97. The zero-order chi connectivity index (χ0) is 15.8. The van der Waals surface area contributed by atoms with Gasteiger partial charge in [0.25, 0.3) is 0 Å². The highest BCUT2D eigenvalue weighted by atomic mass is 127. The van der Waals surface area contributed by atoms with E-state index >= 15 is 0 Å². The van der Waals surface area contributed by atoms with Gasteiger partial charge in [0.05, 0.1) is 6.54 Å². The Hall–Kier alpha value is 0.310. The molecule has 4 nitrogen and oxygen atoms in total. The van der Waals surface area contributed by atoms with Gasteiger partial charge in [-0.05, 0) is 64.3 Å². The predicted molar refractivity (Wildman–Crippen MR) is 114 cm³/mol. The Morgan fingerprint density at radius 3 is 2.78 bits per heavy atom. The molecule has 0 aromatic heterocycles. The van der Waals surface area contributed by atoms with Crippen LogP contribution in [0, 0.1) is 5.92 Å². The van der Waals surface area contributed by atoms with E-state index in [4.69, 9.17) is 4.99 Å². The number of guanidine groups is 1. The average molecular weight is 454 g/mol. The second kappa shape index (κ2) is 11.0. The molecular formula is C17H35IN4S. The lowest BCUT2D eigenvalue weighted by molar-refractivity contribution is 0.183. The number of nitrogens with zero attached hydrogens (tertiary/aromatic N) is 2. The van der Waals surface area contributed by atoms with Gasteiger partial charge in [-0.3, -0.25) is 4.99 Å². The Balaban J connectivity index is 0.00000264. The number of thioether (sulfide) groups is 1. The van der Waals surface area contributed by atoms with E-state index in [1.807, 2.05) is 0 Å². The molecule has 0 spiro atoms. The van der Waals surface area contributed by atoms with Gasteiger partial charge in [0.2, 0.25) is 0 Å². The van der Waals surface area contributed by atoms with Gasteiger partial charge < -0.3 is 15.5 Å². The molecule has 2 unspecified atom stereocenters. The molecule has 2 rings (SSSR count). The maximum Gasteiger partial charge on any atom is 0.191 e. The first-order valence-electron chi connectivity index (χ1n) is 9.03. The predicted octanol–water partition coefficient (Wildman–Crippen LogP) is 3.18. The monoisotopic (exact) mass is 454 g/mol. The summed E-state index contributed by atoms with van der Waals surface area (Å²) in [5, 5.41) is 6.98. The summed E-state index contributed by atoms with van der Waals surface area (Å²) >= 11 is 2.08. The smallest absolute Gasteiger partial charge is 0.191 e. The maximum absolute atomic E-state index is 4.85. The van der Waals surface area contributed by atoms with Crippen LogP contribution in [0.15, 0.2) is 4.99 Å². The minimum Gasteiger partial charge on any atom is -0.357 e. The van der Waals surface area contributed by atoms with E-state index in [1.165, 1.54) is 51.1 Å². The zero-order valence-corrected chi connectivity index (χ0v) is 18.2. The molecule has 0 aromatic rings. The van der Waals surface area contributed by atoms with Crippen molar-refractivity contribution in [1.82, 2.24) is 15.5 Å². The Labute approximate surface area is 164 Å². The van der Waals surface area contributed by atoms with E-state index in [0.717, 1.165) is 31.5 Å². The van der Waals surface area contributed by atoms with E-state index in [0.29, 0.717) is 4.75 Å². The molecule has 2 N–H and O–H groups in total. The topological polar surface area (TPSA) is 39.7 Å². The van der Waals surface area contributed by atoms with Crippen molar-refractivity contribution in [3.05, 3.63) is 0 Å². The molecule has 6 heteroatoms. The van der Waals surface area contributed by atoms with Crippen molar-refractivity contribution < 1.29 is 0 Å². The number of aliphatic imine (C=N–C) groups is 1. The number of nitrogens with one attached hydrogen (secondary N) is 2. The molecule has 0 aromatic carbocycles. The highest BCUT2D eigenvalue weighted by molar-refractivity contribution is 14.0. The summed E-state index contributed by atoms with van der Waals surface area (Å²) in [7, 11) is 0. The van der Waals surface area contributed by atoms with Crippen LogP contribution in [-0.2, 0) is 0 Å². The van der Waals surface area contributed by atoms with Crippen molar-refractivity contribution in [3.63, 3.8) is 0 Å². The van der Waals surface area contributed by atoms with Crippen LogP contribution < -0.4 is 10.6 Å². The first-order valence-corrected chi connectivity index (χ1v) is 10.0. The van der Waals surface area contributed by atoms with Crippen molar-refractivity contribution in [2.75, 3.05) is 45.0 Å². The fraction of sp³-hybridized carbons (Fsp3) is 0.941. The van der Waals surface area contributed by atoms with Crippen LogP contribution in [0.2, 0.25) is 0 Å². The van der Waals surface area contributed by atoms with Crippen LogP contribution in [0.25, 0.3) is 0 Å². The highest BCUT2D eigenvalue weighted by Gasteiger charge is 2.29. The fourth-order valence-electron chi connectivity index (χ4n) is 3.40. The summed E-state index contributed by atoms with van der Waals surface area (Å²) in [6, 6.07) is 0. The number of rotatable bonds is 6. The van der Waals surface area contributed by atoms with Gasteiger partial charge in [-0.15, -0.1) is 24.0 Å². The zero-order valence-electron chi connectivity index (χ0n) is 15.1. The largest absolute Gasteiger partial charge is 0.357 e. The third-order valence-electron chi connectivity index (χ3n) is 4.82. The van der Waals surface area contributed by atoms with Gasteiger partial charge in [0.15, 0.2) is 5.96 Å². The maximum atomic E-state index is 4.85. The number of hydrogen-bond donors (Lipinski definition) is 2. The molecule has 2 aliphatic heterocycles. The number of piperidine rings is 1. The second-order valence-electron chi connectivity index (χ2n) is 6.88. The fourth-order valence-corrected chi connectivity index (χ4v) is 4.62. The first-order chi connectivity index (χ1) is 10.6. The van der Waals surface area contributed by atoms with E-state index in [9.17, 15) is 0 Å². The highest BCUT2D eigenvalue weighted by Crippen LogP contribution is 2.37. The van der Waals surface area contributed by atoms with Crippen LogP contribution in [0.4, 0.5) is 0 Å².